The first kappa shape index (κ1) is 24.3. The molecule has 0 unspecified atom stereocenters. The normalized spacial score (nSPS) is 13.5. The Morgan fingerprint density at radius 2 is 1.62 bits per heavy atom. The van der Waals surface area contributed by atoms with E-state index < -0.39 is 11.8 Å². The monoisotopic (exact) mass is 534 g/mol. The van der Waals surface area contributed by atoms with E-state index in [0.717, 1.165) is 21.6 Å². The third-order valence-corrected chi connectivity index (χ3v) is 7.06. The Kier molecular flexibility index (Phi) is 7.28. The summed E-state index contributed by atoms with van der Waals surface area (Å²) in [4.78, 5) is 29.0. The van der Waals surface area contributed by atoms with Crippen LogP contribution in [-0.2, 0) is 9.59 Å². The van der Waals surface area contributed by atoms with Gasteiger partial charge in [0.05, 0.1) is 35.6 Å². The lowest BCUT2D eigenvalue weighted by molar-refractivity contribution is -0.120. The molecule has 0 spiro atoms. The van der Waals surface area contributed by atoms with Crippen molar-refractivity contribution in [1.82, 2.24) is 0 Å². The van der Waals surface area contributed by atoms with Crippen LogP contribution >= 0.6 is 46.6 Å². The number of anilines is 2. The van der Waals surface area contributed by atoms with Gasteiger partial charge in [-0.2, -0.15) is 0 Å². The molecule has 0 saturated carbocycles. The van der Waals surface area contributed by atoms with Crippen LogP contribution in [0.4, 0.5) is 11.4 Å². The predicted molar refractivity (Wildman–Crippen MR) is 136 cm³/mol. The number of carbonyl (C=O) groups excluding carboxylic acids is 2. The fourth-order valence-electron chi connectivity index (χ4n) is 3.27. The van der Waals surface area contributed by atoms with Crippen LogP contribution in [0.25, 0.3) is 0 Å². The zero-order valence-corrected chi connectivity index (χ0v) is 21.0. The molecule has 3 aromatic carbocycles. The molecule has 34 heavy (non-hydrogen) atoms. The van der Waals surface area contributed by atoms with Crippen LogP contribution in [-0.4, -0.2) is 26.0 Å². The summed E-state index contributed by atoms with van der Waals surface area (Å²) in [6, 6.07) is 16.8. The zero-order valence-electron chi connectivity index (χ0n) is 17.9. The van der Waals surface area contributed by atoms with Crippen molar-refractivity contribution >= 4 is 69.8 Å². The fraction of sp³-hybridized carbons (Fsp3) is 0.0833. The van der Waals surface area contributed by atoms with E-state index in [1.807, 2.05) is 0 Å². The molecular formula is C24H17Cl3N2O4S. The molecule has 1 aliphatic rings. The van der Waals surface area contributed by atoms with E-state index in [2.05, 4.69) is 5.32 Å². The molecule has 10 heteroatoms. The van der Waals surface area contributed by atoms with Crippen molar-refractivity contribution in [2.45, 2.75) is 4.90 Å². The predicted octanol–water partition coefficient (Wildman–Crippen LogP) is 6.65. The number of amides is 2. The van der Waals surface area contributed by atoms with Gasteiger partial charge in [0.25, 0.3) is 11.8 Å². The zero-order chi connectivity index (χ0) is 24.4. The van der Waals surface area contributed by atoms with Gasteiger partial charge in [-0.3, -0.25) is 9.59 Å². The van der Waals surface area contributed by atoms with E-state index in [1.54, 1.807) is 60.7 Å². The number of benzene rings is 3. The number of nitrogens with one attached hydrogen (secondary N) is 1. The van der Waals surface area contributed by atoms with Crippen LogP contribution < -0.4 is 19.7 Å². The largest absolute Gasteiger partial charge is 0.497 e. The average molecular weight is 536 g/mol. The van der Waals surface area contributed by atoms with Crippen LogP contribution in [0.5, 0.6) is 11.5 Å². The van der Waals surface area contributed by atoms with Crippen LogP contribution in [0.2, 0.25) is 15.1 Å². The quantitative estimate of drug-likeness (QED) is 0.342. The van der Waals surface area contributed by atoms with Gasteiger partial charge in [-0.15, -0.1) is 0 Å². The first-order valence-electron chi connectivity index (χ1n) is 9.83. The van der Waals surface area contributed by atoms with Gasteiger partial charge in [-0.25, -0.2) is 4.90 Å². The van der Waals surface area contributed by atoms with Crippen molar-refractivity contribution in [2.24, 2.45) is 0 Å². The van der Waals surface area contributed by atoms with Gasteiger partial charge in [0.1, 0.15) is 22.1 Å². The molecule has 3 aromatic rings. The number of imide groups is 1. The highest BCUT2D eigenvalue weighted by Gasteiger charge is 2.41. The number of methoxy groups -OCH3 is 2. The van der Waals surface area contributed by atoms with Crippen molar-refractivity contribution in [1.29, 1.82) is 0 Å². The molecule has 4 rings (SSSR count). The van der Waals surface area contributed by atoms with Gasteiger partial charge < -0.3 is 14.8 Å². The van der Waals surface area contributed by atoms with Gasteiger partial charge in [0, 0.05) is 16.0 Å². The molecule has 0 atom stereocenters. The Morgan fingerprint density at radius 1 is 0.882 bits per heavy atom. The molecule has 1 heterocycles. The van der Waals surface area contributed by atoms with Gasteiger partial charge in [-0.05, 0) is 48.5 Å². The Balaban J connectivity index is 1.81. The molecule has 2 amide bonds. The van der Waals surface area contributed by atoms with Gasteiger partial charge >= 0.3 is 0 Å². The summed E-state index contributed by atoms with van der Waals surface area (Å²) in [5.74, 6) is -0.125. The SMILES string of the molecule is COc1ccc(OC)c(NC2=C(Sc3ccc(Cl)cc3)C(=O)N(c3cccc(Cl)c3Cl)C2=O)c1. The minimum absolute atomic E-state index is 0.0625. The molecule has 1 N–H and O–H groups in total. The molecule has 1 aliphatic heterocycles. The summed E-state index contributed by atoms with van der Waals surface area (Å²) < 4.78 is 10.7. The molecule has 174 valence electrons. The van der Waals surface area contributed by atoms with Crippen LogP contribution in [0.3, 0.4) is 0 Å². The van der Waals surface area contributed by atoms with Crippen molar-refractivity contribution < 1.29 is 19.1 Å². The summed E-state index contributed by atoms with van der Waals surface area (Å²) in [6.45, 7) is 0. The highest BCUT2D eigenvalue weighted by atomic mass is 35.5. The minimum atomic E-state index is -0.587. The molecule has 6 nitrogen and oxygen atoms in total. The van der Waals surface area contributed by atoms with E-state index in [9.17, 15) is 9.59 Å². The maximum atomic E-state index is 13.6. The molecule has 0 fully saturated rings. The Labute approximate surface area is 215 Å². The standard InChI is InChI=1S/C24H17Cl3N2O4S/c1-32-14-8-11-19(33-2)17(12-14)28-21-22(34-15-9-6-13(25)7-10-15)24(31)29(23(21)30)18-5-3-4-16(26)20(18)27/h3-12,28H,1-2H3. The Morgan fingerprint density at radius 3 is 2.29 bits per heavy atom. The summed E-state index contributed by atoms with van der Waals surface area (Å²) >= 11 is 19.6. The second-order valence-corrected chi connectivity index (χ2v) is 9.28. The van der Waals surface area contributed by atoms with Crippen LogP contribution in [0.15, 0.2) is 76.2 Å². The number of carbonyl (C=O) groups is 2. The highest BCUT2D eigenvalue weighted by Crippen LogP contribution is 2.42. The first-order chi connectivity index (χ1) is 16.3. The smallest absolute Gasteiger partial charge is 0.283 e. The number of hydrogen-bond donors (Lipinski definition) is 1. The second kappa shape index (κ2) is 10.2. The third kappa shape index (κ3) is 4.70. The summed E-state index contributed by atoms with van der Waals surface area (Å²) in [5.41, 5.74) is 0.701. The molecule has 0 radical (unpaired) electrons. The lowest BCUT2D eigenvalue weighted by atomic mass is 10.2. The number of thioether (sulfide) groups is 1. The number of halogens is 3. The van der Waals surface area contributed by atoms with E-state index in [-0.39, 0.29) is 26.3 Å². The Bertz CT molecular complexity index is 1310. The summed E-state index contributed by atoms with van der Waals surface area (Å²) in [7, 11) is 3.03. The molecule has 0 aliphatic carbocycles. The molecule has 0 saturated heterocycles. The van der Waals surface area contributed by atoms with Gasteiger partial charge in [-0.1, -0.05) is 52.6 Å². The number of hydrogen-bond acceptors (Lipinski definition) is 6. The van der Waals surface area contributed by atoms with Crippen LogP contribution in [0, 0.1) is 0 Å². The first-order valence-corrected chi connectivity index (χ1v) is 11.8. The average Bonchev–Trinajstić information content (AvgIpc) is 3.06. The number of rotatable bonds is 7. The molecule has 0 bridgehead atoms. The van der Waals surface area contributed by atoms with E-state index in [0.29, 0.717) is 22.2 Å². The molecule has 0 aromatic heterocycles. The summed E-state index contributed by atoms with van der Waals surface area (Å²) in [6.07, 6.45) is 0. The van der Waals surface area contributed by atoms with E-state index >= 15 is 0 Å². The van der Waals surface area contributed by atoms with Crippen molar-refractivity contribution in [3.05, 3.63) is 86.3 Å². The van der Waals surface area contributed by atoms with Crippen molar-refractivity contribution in [3.8, 4) is 11.5 Å². The number of ether oxygens (including phenoxy) is 2. The number of nitrogens with zero attached hydrogens (tertiary/aromatic N) is 1. The fourth-order valence-corrected chi connectivity index (χ4v) is 4.70. The topological polar surface area (TPSA) is 67.9 Å². The highest BCUT2D eigenvalue weighted by molar-refractivity contribution is 8.04. The van der Waals surface area contributed by atoms with E-state index in [4.69, 9.17) is 44.3 Å². The third-order valence-electron chi connectivity index (χ3n) is 4.91. The van der Waals surface area contributed by atoms with Gasteiger partial charge in [0.2, 0.25) is 0 Å². The summed E-state index contributed by atoms with van der Waals surface area (Å²) in [5, 5.41) is 3.95. The maximum Gasteiger partial charge on any atom is 0.283 e. The maximum absolute atomic E-state index is 13.6. The minimum Gasteiger partial charge on any atom is -0.497 e. The lowest BCUT2D eigenvalue weighted by Gasteiger charge is -2.17. The van der Waals surface area contributed by atoms with E-state index in [1.165, 1.54) is 14.2 Å². The lowest BCUT2D eigenvalue weighted by Crippen LogP contribution is -2.32. The van der Waals surface area contributed by atoms with Crippen LogP contribution in [0.1, 0.15) is 0 Å². The van der Waals surface area contributed by atoms with Crippen molar-refractivity contribution in [3.63, 3.8) is 0 Å². The van der Waals surface area contributed by atoms with Crippen molar-refractivity contribution in [2.75, 3.05) is 24.4 Å². The molecular weight excluding hydrogens is 519 g/mol. The second-order valence-electron chi connectivity index (χ2n) is 6.97. The Hall–Kier alpha value is -2.84. The van der Waals surface area contributed by atoms with Gasteiger partial charge in [0.15, 0.2) is 0 Å².